The van der Waals surface area contributed by atoms with Crippen LogP contribution in [0.3, 0.4) is 0 Å². The van der Waals surface area contributed by atoms with Crippen molar-refractivity contribution in [3.05, 3.63) is 74.6 Å². The fourth-order valence-corrected chi connectivity index (χ4v) is 10.2. The van der Waals surface area contributed by atoms with E-state index in [1.807, 2.05) is 40.5 Å². The monoisotopic (exact) mass is 755 g/mol. The minimum atomic E-state index is 0.0417. The minimum absolute atomic E-state index is 0.0417. The highest BCUT2D eigenvalue weighted by atomic mass is 35.5. The van der Waals surface area contributed by atoms with Gasteiger partial charge in [0.15, 0.2) is 0 Å². The van der Waals surface area contributed by atoms with Crippen molar-refractivity contribution in [2.75, 3.05) is 52.0 Å². The summed E-state index contributed by atoms with van der Waals surface area (Å²) in [6.07, 6.45) is 12.0. The highest BCUT2D eigenvalue weighted by Gasteiger charge is 2.31. The lowest BCUT2D eigenvalue weighted by molar-refractivity contribution is -0.134. The zero-order valence-corrected chi connectivity index (χ0v) is 32.5. The molecule has 4 aromatic heterocycles. The van der Waals surface area contributed by atoms with E-state index in [2.05, 4.69) is 60.9 Å². The molecular formula is C38H42ClN9O2S2. The summed E-state index contributed by atoms with van der Waals surface area (Å²) < 4.78 is 0. The number of aliphatic imine (C=N–C) groups is 1. The summed E-state index contributed by atoms with van der Waals surface area (Å²) in [6.45, 7) is 5.34. The fraction of sp³-hybridized carbons (Fsp3) is 0.395. The number of hydrogen-bond acceptors (Lipinski definition) is 11. The molecule has 5 heterocycles. The van der Waals surface area contributed by atoms with Crippen LogP contribution >= 0.6 is 34.3 Å². The van der Waals surface area contributed by atoms with Gasteiger partial charge in [0.1, 0.15) is 33.3 Å². The van der Waals surface area contributed by atoms with Crippen molar-refractivity contribution in [3.63, 3.8) is 0 Å². The Hall–Kier alpha value is -4.46. The summed E-state index contributed by atoms with van der Waals surface area (Å²) in [4.78, 5) is 56.5. The molecule has 0 fully saturated rings. The van der Waals surface area contributed by atoms with Crippen molar-refractivity contribution in [2.24, 2.45) is 16.8 Å². The fourth-order valence-electron chi connectivity index (χ4n) is 7.41. The summed E-state index contributed by atoms with van der Waals surface area (Å²) in [7, 11) is 9.35. The zero-order chi connectivity index (χ0) is 36.7. The van der Waals surface area contributed by atoms with Gasteiger partial charge in [-0.1, -0.05) is 17.7 Å². The van der Waals surface area contributed by atoms with E-state index in [0.717, 1.165) is 88.3 Å². The smallest absolute Gasteiger partial charge is 0.225 e. The number of carbonyl (C=O) groups is 2. The predicted octanol–water partition coefficient (Wildman–Crippen LogP) is 6.72. The van der Waals surface area contributed by atoms with Gasteiger partial charge in [0.05, 0.1) is 28.7 Å². The van der Waals surface area contributed by atoms with Crippen LogP contribution in [0.15, 0.2) is 42.4 Å². The van der Waals surface area contributed by atoms with E-state index in [-0.39, 0.29) is 23.7 Å². The molecule has 1 N–H and O–H groups in total. The summed E-state index contributed by atoms with van der Waals surface area (Å²) in [5.41, 5.74) is 6.97. The Kier molecular flexibility index (Phi) is 10.3. The Morgan fingerprint density at radius 1 is 0.885 bits per heavy atom. The van der Waals surface area contributed by atoms with Gasteiger partial charge in [0.2, 0.25) is 11.8 Å². The molecule has 8 rings (SSSR count). The number of aryl methyl sites for hydroxylation is 2. The third-order valence-electron chi connectivity index (χ3n) is 10.0. The largest absolute Gasteiger partial charge is 0.369 e. The van der Waals surface area contributed by atoms with Crippen LogP contribution in [0.4, 0.5) is 17.2 Å². The van der Waals surface area contributed by atoms with E-state index in [9.17, 15) is 9.59 Å². The number of benzene rings is 1. The van der Waals surface area contributed by atoms with E-state index < -0.39 is 0 Å². The van der Waals surface area contributed by atoms with Gasteiger partial charge in [-0.3, -0.25) is 14.6 Å². The van der Waals surface area contributed by atoms with Crippen LogP contribution in [0, 0.1) is 11.8 Å². The Morgan fingerprint density at radius 3 is 2.10 bits per heavy atom. The van der Waals surface area contributed by atoms with Crippen molar-refractivity contribution in [1.29, 1.82) is 0 Å². The van der Waals surface area contributed by atoms with Crippen LogP contribution in [0.2, 0.25) is 5.15 Å². The molecule has 52 heavy (non-hydrogen) atoms. The predicted molar refractivity (Wildman–Crippen MR) is 213 cm³/mol. The molecule has 14 heteroatoms. The zero-order valence-electron chi connectivity index (χ0n) is 30.1. The molecule has 0 bridgehead atoms. The molecule has 2 aliphatic carbocycles. The summed E-state index contributed by atoms with van der Waals surface area (Å²) in [5, 5.41) is 6.21. The van der Waals surface area contributed by atoms with E-state index in [4.69, 9.17) is 11.6 Å². The van der Waals surface area contributed by atoms with Gasteiger partial charge in [-0.05, 0) is 72.9 Å². The summed E-state index contributed by atoms with van der Waals surface area (Å²) >= 11 is 9.49. The van der Waals surface area contributed by atoms with Crippen LogP contribution < -0.4 is 10.2 Å². The lowest BCUT2D eigenvalue weighted by atomic mass is 9.87. The van der Waals surface area contributed by atoms with Gasteiger partial charge in [-0.25, -0.2) is 19.9 Å². The molecule has 0 unspecified atom stereocenters. The molecular weight excluding hydrogens is 714 g/mol. The van der Waals surface area contributed by atoms with Crippen LogP contribution in [-0.4, -0.2) is 89.5 Å². The molecule has 5 aromatic rings. The van der Waals surface area contributed by atoms with Gasteiger partial charge in [0, 0.05) is 69.6 Å². The first-order valence-electron chi connectivity index (χ1n) is 17.4. The first kappa shape index (κ1) is 35.9. The lowest BCUT2D eigenvalue weighted by Gasteiger charge is -2.25. The molecule has 2 atom stereocenters. The number of anilines is 3. The van der Waals surface area contributed by atoms with Crippen LogP contribution in [0.25, 0.3) is 20.4 Å². The minimum Gasteiger partial charge on any atom is -0.369 e. The van der Waals surface area contributed by atoms with E-state index in [0.29, 0.717) is 11.7 Å². The number of nitrogens with zero attached hydrogens (tertiary/aromatic N) is 8. The van der Waals surface area contributed by atoms with Crippen molar-refractivity contribution >= 4 is 89.9 Å². The molecule has 0 saturated carbocycles. The Balaban J connectivity index is 0.000000187. The second kappa shape index (κ2) is 14.9. The van der Waals surface area contributed by atoms with Crippen molar-refractivity contribution in [1.82, 2.24) is 29.7 Å². The summed E-state index contributed by atoms with van der Waals surface area (Å²) in [6, 6.07) is 4.35. The first-order valence-corrected chi connectivity index (χ1v) is 19.4. The molecule has 11 nitrogen and oxygen atoms in total. The average Bonchev–Trinajstić information content (AvgIpc) is 3.85. The van der Waals surface area contributed by atoms with Gasteiger partial charge in [-0.15, -0.1) is 29.3 Å². The van der Waals surface area contributed by atoms with Crippen LogP contribution in [-0.2, 0) is 41.8 Å². The third-order valence-corrected chi connectivity index (χ3v) is 12.7. The van der Waals surface area contributed by atoms with Gasteiger partial charge in [-0.2, -0.15) is 0 Å². The van der Waals surface area contributed by atoms with Gasteiger partial charge >= 0.3 is 0 Å². The number of hydrogen-bond donors (Lipinski definition) is 1. The first-order chi connectivity index (χ1) is 25.0. The van der Waals surface area contributed by atoms with Crippen molar-refractivity contribution in [2.45, 2.75) is 45.1 Å². The number of amides is 2. The Labute approximate surface area is 316 Å². The molecule has 3 aliphatic rings. The number of thiophene rings is 2. The van der Waals surface area contributed by atoms with E-state index in [1.165, 1.54) is 32.8 Å². The average molecular weight is 756 g/mol. The molecule has 1 aromatic carbocycles. The molecule has 2 amide bonds. The number of fused-ring (bicyclic) bond motifs is 7. The van der Waals surface area contributed by atoms with Crippen LogP contribution in [0.5, 0.6) is 0 Å². The quantitative estimate of drug-likeness (QED) is 0.144. The molecule has 0 spiro atoms. The molecule has 0 radical (unpaired) electrons. The van der Waals surface area contributed by atoms with E-state index in [1.54, 1.807) is 38.8 Å². The maximum Gasteiger partial charge on any atom is 0.225 e. The van der Waals surface area contributed by atoms with Crippen molar-refractivity contribution in [3.8, 4) is 0 Å². The second-order valence-corrected chi connectivity index (χ2v) is 16.5. The molecule has 0 saturated heterocycles. The number of aromatic nitrogens is 4. The second-order valence-electron chi connectivity index (χ2n) is 13.9. The normalized spacial score (nSPS) is 17.1. The maximum absolute atomic E-state index is 12.5. The maximum atomic E-state index is 12.5. The Morgan fingerprint density at radius 2 is 1.48 bits per heavy atom. The van der Waals surface area contributed by atoms with Gasteiger partial charge in [0.25, 0.3) is 0 Å². The number of likely N-dealkylation sites (N-methyl/N-ethyl adjacent to an activating group) is 1. The number of nitrogens with one attached hydrogen (secondary N) is 1. The SMILES string of the molecule is C=CCN(C)c1cc2c(cc1Nc1ncnc3sc4c(c13)CC[C@H](C(=O)N(C)C)C4)C=NC2.CN(C)C(=O)[C@H]1CCc2c(sc3ncnc(Cl)c23)C1. The molecule has 1 aliphatic heterocycles. The number of rotatable bonds is 7. The standard InChI is InChI=1S/C25H28N6OS.C13H14ClN3OS/c1-5-8-31(4)20-10-17-13-26-12-16(17)9-19(20)29-23-22-18-7-6-15(25(32)30(2)3)11-21(18)33-24(22)28-14-27-23;1-17(2)13(18)7-3-4-8-9(5-7)19-12-10(8)11(14)15-6-16-12/h5,9-10,12,14-15H,1,6-8,11,13H2,2-4H3,(H,27,28,29);6-7H,3-5H2,1-2H3/t15-;7-/m00/s1. The Bertz CT molecular complexity index is 2230. The van der Waals surface area contributed by atoms with E-state index >= 15 is 0 Å². The lowest BCUT2D eigenvalue weighted by Crippen LogP contribution is -2.32. The topological polar surface area (TPSA) is 120 Å². The number of halogens is 1. The third kappa shape index (κ3) is 6.89. The molecule has 270 valence electrons. The highest BCUT2D eigenvalue weighted by molar-refractivity contribution is 7.19. The van der Waals surface area contributed by atoms with Crippen LogP contribution in [0.1, 0.15) is 44.8 Å². The van der Waals surface area contributed by atoms with Crippen molar-refractivity contribution < 1.29 is 9.59 Å². The van der Waals surface area contributed by atoms with Gasteiger partial charge < -0.3 is 20.0 Å². The number of carbonyl (C=O) groups excluding carboxylic acids is 2. The summed E-state index contributed by atoms with van der Waals surface area (Å²) in [5.74, 6) is 1.36. The highest BCUT2D eigenvalue weighted by Crippen LogP contribution is 2.43.